The number of hydrazone groups is 1. The number of hydrogen-bond acceptors (Lipinski definition) is 4. The zero-order chi connectivity index (χ0) is 11.1. The van der Waals surface area contributed by atoms with Gasteiger partial charge in [-0.25, -0.2) is 0 Å². The van der Waals surface area contributed by atoms with Crippen LogP contribution in [0.15, 0.2) is 29.4 Å². The maximum atomic E-state index is 9.10. The lowest BCUT2D eigenvalue weighted by Gasteiger charge is -2.24. The van der Waals surface area contributed by atoms with E-state index in [1.165, 1.54) is 0 Å². The molecule has 3 rings (SSSR count). The SMILES string of the molecule is CN1N=C2c3ccccc3OCC2C1C#N. The molecule has 0 radical (unpaired) electrons. The van der Waals surface area contributed by atoms with Crippen LogP contribution in [-0.2, 0) is 0 Å². The van der Waals surface area contributed by atoms with Gasteiger partial charge in [-0.15, -0.1) is 0 Å². The standard InChI is InChI=1S/C12H11N3O/c1-15-10(6-13)9-7-16-11-5-3-2-4-8(11)12(9)14-15/h2-5,9-10H,7H2,1H3. The summed E-state index contributed by atoms with van der Waals surface area (Å²) in [6.45, 7) is 0.540. The van der Waals surface area contributed by atoms with Gasteiger partial charge in [-0.2, -0.15) is 10.4 Å². The first-order chi connectivity index (χ1) is 7.81. The molecule has 16 heavy (non-hydrogen) atoms. The van der Waals surface area contributed by atoms with Crippen LogP contribution in [-0.4, -0.2) is 30.4 Å². The number of nitriles is 1. The lowest BCUT2D eigenvalue weighted by atomic mass is 9.90. The Bertz CT molecular complexity index is 503. The number of nitrogens with zero attached hydrogens (tertiary/aromatic N) is 3. The van der Waals surface area contributed by atoms with Gasteiger partial charge in [0.2, 0.25) is 0 Å². The summed E-state index contributed by atoms with van der Waals surface area (Å²) in [6.07, 6.45) is 0. The van der Waals surface area contributed by atoms with E-state index < -0.39 is 0 Å². The van der Waals surface area contributed by atoms with E-state index in [4.69, 9.17) is 10.00 Å². The van der Waals surface area contributed by atoms with Crippen molar-refractivity contribution in [3.8, 4) is 11.8 Å². The van der Waals surface area contributed by atoms with E-state index in [-0.39, 0.29) is 12.0 Å². The molecular formula is C12H11N3O. The molecule has 0 saturated heterocycles. The van der Waals surface area contributed by atoms with E-state index in [0.29, 0.717) is 6.61 Å². The second kappa shape index (κ2) is 3.24. The number of rotatable bonds is 0. The molecule has 0 saturated carbocycles. The van der Waals surface area contributed by atoms with Crippen molar-refractivity contribution in [2.75, 3.05) is 13.7 Å². The molecule has 1 aromatic carbocycles. The topological polar surface area (TPSA) is 48.6 Å². The van der Waals surface area contributed by atoms with Gasteiger partial charge in [-0.05, 0) is 12.1 Å². The quantitative estimate of drug-likeness (QED) is 0.651. The molecule has 2 unspecified atom stereocenters. The fraction of sp³-hybridized carbons (Fsp3) is 0.333. The first-order valence-electron chi connectivity index (χ1n) is 5.24. The molecule has 0 spiro atoms. The second-order valence-electron chi connectivity index (χ2n) is 4.05. The number of hydrogen-bond donors (Lipinski definition) is 0. The number of fused-ring (bicyclic) bond motifs is 3. The molecule has 0 amide bonds. The van der Waals surface area contributed by atoms with Gasteiger partial charge in [0.15, 0.2) is 0 Å². The molecule has 0 fully saturated rings. The molecule has 1 aromatic rings. The predicted molar refractivity (Wildman–Crippen MR) is 59.1 cm³/mol. The number of ether oxygens (including phenoxy) is 1. The average Bonchev–Trinajstić information content (AvgIpc) is 2.65. The predicted octanol–water partition coefficient (Wildman–Crippen LogP) is 1.24. The molecule has 4 heteroatoms. The lowest BCUT2D eigenvalue weighted by Crippen LogP contribution is -2.36. The first-order valence-corrected chi connectivity index (χ1v) is 5.24. The summed E-state index contributed by atoms with van der Waals surface area (Å²) in [7, 11) is 1.84. The van der Waals surface area contributed by atoms with Gasteiger partial charge in [0.25, 0.3) is 0 Å². The van der Waals surface area contributed by atoms with E-state index in [9.17, 15) is 0 Å². The fourth-order valence-corrected chi connectivity index (χ4v) is 2.30. The highest BCUT2D eigenvalue weighted by atomic mass is 16.5. The molecule has 0 aliphatic carbocycles. The summed E-state index contributed by atoms with van der Waals surface area (Å²) >= 11 is 0. The van der Waals surface area contributed by atoms with Crippen LogP contribution in [0.5, 0.6) is 5.75 Å². The van der Waals surface area contributed by atoms with Crippen molar-refractivity contribution < 1.29 is 4.74 Å². The molecule has 0 N–H and O–H groups in total. The summed E-state index contributed by atoms with van der Waals surface area (Å²) in [5, 5.41) is 15.3. The summed E-state index contributed by atoms with van der Waals surface area (Å²) in [5.41, 5.74) is 2.00. The van der Waals surface area contributed by atoms with Crippen LogP contribution >= 0.6 is 0 Å². The Hall–Kier alpha value is -2.02. The molecule has 0 bridgehead atoms. The largest absolute Gasteiger partial charge is 0.492 e. The summed E-state index contributed by atoms with van der Waals surface area (Å²) in [5.74, 6) is 0.939. The Morgan fingerprint density at radius 2 is 2.31 bits per heavy atom. The van der Waals surface area contributed by atoms with E-state index in [2.05, 4.69) is 11.2 Å². The van der Waals surface area contributed by atoms with Crippen LogP contribution in [0, 0.1) is 17.2 Å². The van der Waals surface area contributed by atoms with Crippen molar-refractivity contribution in [2.24, 2.45) is 11.0 Å². The van der Waals surface area contributed by atoms with Crippen LogP contribution in [0.1, 0.15) is 5.56 Å². The van der Waals surface area contributed by atoms with E-state index >= 15 is 0 Å². The Morgan fingerprint density at radius 1 is 1.50 bits per heavy atom. The van der Waals surface area contributed by atoms with Crippen molar-refractivity contribution in [1.82, 2.24) is 5.01 Å². The van der Waals surface area contributed by atoms with E-state index in [1.807, 2.05) is 31.3 Å². The Morgan fingerprint density at radius 3 is 3.12 bits per heavy atom. The van der Waals surface area contributed by atoms with Crippen molar-refractivity contribution >= 4 is 5.71 Å². The maximum absolute atomic E-state index is 9.10. The average molecular weight is 213 g/mol. The van der Waals surface area contributed by atoms with Gasteiger partial charge in [0, 0.05) is 12.6 Å². The fourth-order valence-electron chi connectivity index (χ4n) is 2.30. The van der Waals surface area contributed by atoms with Crippen LogP contribution in [0.2, 0.25) is 0 Å². The van der Waals surface area contributed by atoms with Gasteiger partial charge in [-0.1, -0.05) is 12.1 Å². The number of benzene rings is 1. The zero-order valence-corrected chi connectivity index (χ0v) is 8.92. The molecule has 2 heterocycles. The first kappa shape index (κ1) is 9.22. The third kappa shape index (κ3) is 1.12. The zero-order valence-electron chi connectivity index (χ0n) is 8.92. The van der Waals surface area contributed by atoms with Gasteiger partial charge >= 0.3 is 0 Å². The van der Waals surface area contributed by atoms with Crippen LogP contribution < -0.4 is 4.74 Å². The van der Waals surface area contributed by atoms with Crippen molar-refractivity contribution in [1.29, 1.82) is 5.26 Å². The normalized spacial score (nSPS) is 26.2. The highest BCUT2D eigenvalue weighted by molar-refractivity contribution is 6.06. The third-order valence-corrected chi connectivity index (χ3v) is 3.11. The van der Waals surface area contributed by atoms with Crippen LogP contribution in [0.3, 0.4) is 0 Å². The molecule has 4 nitrogen and oxygen atoms in total. The molecule has 80 valence electrons. The monoisotopic (exact) mass is 213 g/mol. The van der Waals surface area contributed by atoms with Gasteiger partial charge in [-0.3, -0.25) is 5.01 Å². The Balaban J connectivity index is 2.09. The third-order valence-electron chi connectivity index (χ3n) is 3.11. The Kier molecular flexibility index (Phi) is 1.87. The Labute approximate surface area is 93.7 Å². The summed E-state index contributed by atoms with van der Waals surface area (Å²) in [4.78, 5) is 0. The maximum Gasteiger partial charge on any atom is 0.145 e. The van der Waals surface area contributed by atoms with Crippen molar-refractivity contribution in [3.05, 3.63) is 29.8 Å². The van der Waals surface area contributed by atoms with Crippen molar-refractivity contribution in [2.45, 2.75) is 6.04 Å². The van der Waals surface area contributed by atoms with Crippen LogP contribution in [0.25, 0.3) is 0 Å². The molecule has 2 atom stereocenters. The van der Waals surface area contributed by atoms with Crippen molar-refractivity contribution in [3.63, 3.8) is 0 Å². The van der Waals surface area contributed by atoms with Gasteiger partial charge in [0.05, 0.1) is 24.3 Å². The number of para-hydroxylation sites is 1. The lowest BCUT2D eigenvalue weighted by molar-refractivity contribution is 0.221. The van der Waals surface area contributed by atoms with Crippen LogP contribution in [0.4, 0.5) is 0 Å². The molecule has 0 aromatic heterocycles. The smallest absolute Gasteiger partial charge is 0.145 e. The highest BCUT2D eigenvalue weighted by Crippen LogP contribution is 2.33. The molecule has 2 aliphatic heterocycles. The molecular weight excluding hydrogens is 202 g/mol. The second-order valence-corrected chi connectivity index (χ2v) is 4.05. The summed E-state index contributed by atoms with van der Waals surface area (Å²) in [6, 6.07) is 9.91. The van der Waals surface area contributed by atoms with E-state index in [0.717, 1.165) is 17.0 Å². The minimum Gasteiger partial charge on any atom is -0.492 e. The highest BCUT2D eigenvalue weighted by Gasteiger charge is 2.40. The molecule has 2 aliphatic rings. The minimum absolute atomic E-state index is 0.0740. The summed E-state index contributed by atoms with van der Waals surface area (Å²) < 4.78 is 5.66. The minimum atomic E-state index is -0.205. The van der Waals surface area contributed by atoms with Gasteiger partial charge < -0.3 is 4.74 Å². The van der Waals surface area contributed by atoms with Gasteiger partial charge in [0.1, 0.15) is 11.8 Å². The van der Waals surface area contributed by atoms with E-state index in [1.54, 1.807) is 5.01 Å².